The topological polar surface area (TPSA) is 78.5 Å². The molecule has 218 valence electrons. The third kappa shape index (κ3) is 8.31. The van der Waals surface area contributed by atoms with Crippen LogP contribution in [0.25, 0.3) is 0 Å². The third-order valence-electron chi connectivity index (χ3n) is 8.55. The zero-order valence-electron chi connectivity index (χ0n) is 26.0. The lowest BCUT2D eigenvalue weighted by Gasteiger charge is -2.39. The lowest BCUT2D eigenvalue weighted by Crippen LogP contribution is -2.49. The number of rotatable bonds is 5. The summed E-state index contributed by atoms with van der Waals surface area (Å²) in [4.78, 5) is 42.1. The number of amides is 3. The van der Waals surface area contributed by atoms with E-state index in [9.17, 15) is 14.4 Å². The van der Waals surface area contributed by atoms with Crippen molar-refractivity contribution < 1.29 is 14.4 Å². The summed E-state index contributed by atoms with van der Waals surface area (Å²) in [6.07, 6.45) is 9.04. The average molecular weight is 540 g/mol. The van der Waals surface area contributed by atoms with Gasteiger partial charge in [0.2, 0.25) is 17.7 Å². The number of carbonyl (C=O) groups excluding carboxylic acids is 3. The van der Waals surface area contributed by atoms with Crippen LogP contribution < -0.4 is 15.5 Å². The maximum absolute atomic E-state index is 13.9. The number of hydrogen-bond acceptors (Lipinski definition) is 3. The molecule has 0 aromatic heterocycles. The van der Waals surface area contributed by atoms with Crippen LogP contribution in [0.2, 0.25) is 0 Å². The van der Waals surface area contributed by atoms with Gasteiger partial charge in [0.15, 0.2) is 0 Å². The van der Waals surface area contributed by atoms with Crippen LogP contribution in [0.1, 0.15) is 120 Å². The molecule has 2 fully saturated rings. The number of hydrogen-bond donors (Lipinski definition) is 2. The van der Waals surface area contributed by atoms with Crippen molar-refractivity contribution in [3.05, 3.63) is 18.2 Å². The monoisotopic (exact) mass is 539 g/mol. The fraction of sp³-hybridized carbons (Fsp3) is 0.727. The Kier molecular flexibility index (Phi) is 9.60. The molecule has 2 aliphatic carbocycles. The van der Waals surface area contributed by atoms with E-state index in [0.717, 1.165) is 51.4 Å². The highest BCUT2D eigenvalue weighted by Gasteiger charge is 2.35. The standard InChI is InChI=1S/C33H53N3O3/c1-31(2,3)24-17-15-22(16-18-24)28(37)34-25-19-26(35-30(39)32(4,5)6)21-27(20-25)36(33(7,8)9)29(38)23-13-11-10-12-14-23/h19-24H,10-18H2,1-9H3,(H,34,37)(H,35,39)/t22-,24+. The number of carbonyl (C=O) groups is 3. The first-order chi connectivity index (χ1) is 18.0. The molecule has 3 amide bonds. The van der Waals surface area contributed by atoms with Gasteiger partial charge in [-0.15, -0.1) is 0 Å². The molecule has 0 bridgehead atoms. The van der Waals surface area contributed by atoms with Crippen molar-refractivity contribution in [3.8, 4) is 0 Å². The van der Waals surface area contributed by atoms with E-state index in [0.29, 0.717) is 23.0 Å². The maximum Gasteiger partial charge on any atom is 0.230 e. The molecule has 0 atom stereocenters. The summed E-state index contributed by atoms with van der Waals surface area (Å²) in [5, 5.41) is 6.19. The molecular weight excluding hydrogens is 486 g/mol. The van der Waals surface area contributed by atoms with E-state index in [4.69, 9.17) is 0 Å². The molecule has 3 rings (SSSR count). The van der Waals surface area contributed by atoms with Crippen LogP contribution >= 0.6 is 0 Å². The smallest absolute Gasteiger partial charge is 0.230 e. The van der Waals surface area contributed by atoms with Gasteiger partial charge in [0.25, 0.3) is 0 Å². The van der Waals surface area contributed by atoms with Crippen LogP contribution in [0.5, 0.6) is 0 Å². The summed E-state index contributed by atoms with van der Waals surface area (Å²) < 4.78 is 0. The average Bonchev–Trinajstić information content (AvgIpc) is 2.82. The van der Waals surface area contributed by atoms with Gasteiger partial charge in [0.1, 0.15) is 0 Å². The Bertz CT molecular complexity index is 1030. The van der Waals surface area contributed by atoms with Crippen LogP contribution in [0.3, 0.4) is 0 Å². The Morgan fingerprint density at radius 3 is 1.72 bits per heavy atom. The predicted molar refractivity (Wildman–Crippen MR) is 162 cm³/mol. The van der Waals surface area contributed by atoms with E-state index < -0.39 is 11.0 Å². The highest BCUT2D eigenvalue weighted by Crippen LogP contribution is 2.40. The van der Waals surface area contributed by atoms with E-state index in [1.807, 2.05) is 64.6 Å². The third-order valence-corrected chi connectivity index (χ3v) is 8.55. The van der Waals surface area contributed by atoms with Crippen molar-refractivity contribution in [2.75, 3.05) is 15.5 Å². The van der Waals surface area contributed by atoms with Gasteiger partial charge in [-0.1, -0.05) is 60.8 Å². The van der Waals surface area contributed by atoms with Crippen LogP contribution in [0.4, 0.5) is 17.1 Å². The van der Waals surface area contributed by atoms with Crippen molar-refractivity contribution in [1.82, 2.24) is 0 Å². The van der Waals surface area contributed by atoms with E-state index in [2.05, 4.69) is 31.4 Å². The lowest BCUT2D eigenvalue weighted by molar-refractivity contribution is -0.124. The van der Waals surface area contributed by atoms with Gasteiger partial charge < -0.3 is 15.5 Å². The summed E-state index contributed by atoms with van der Waals surface area (Å²) in [6.45, 7) is 18.6. The summed E-state index contributed by atoms with van der Waals surface area (Å²) in [7, 11) is 0. The van der Waals surface area contributed by atoms with Crippen LogP contribution in [-0.2, 0) is 14.4 Å². The van der Waals surface area contributed by atoms with E-state index in [1.165, 1.54) is 6.42 Å². The Labute approximate surface area is 237 Å². The van der Waals surface area contributed by atoms with Gasteiger partial charge in [-0.2, -0.15) is 0 Å². The molecule has 2 saturated carbocycles. The minimum atomic E-state index is -0.577. The predicted octanol–water partition coefficient (Wildman–Crippen LogP) is 8.17. The molecule has 0 radical (unpaired) electrons. The SMILES string of the molecule is CC(C)(C)C(=O)Nc1cc(NC(=O)[C@H]2CC[C@@H](C(C)(C)C)CC2)cc(N(C(=O)C2CCCCC2)C(C)(C)C)c1. The minimum absolute atomic E-state index is 0.00170. The summed E-state index contributed by atoms with van der Waals surface area (Å²) in [5.41, 5.74) is 1.13. The van der Waals surface area contributed by atoms with E-state index in [1.54, 1.807) is 0 Å². The van der Waals surface area contributed by atoms with Gasteiger partial charge >= 0.3 is 0 Å². The second-order valence-corrected chi connectivity index (χ2v) is 15.1. The highest BCUT2D eigenvalue weighted by molar-refractivity contribution is 6.01. The molecule has 2 aliphatic rings. The molecule has 0 aliphatic heterocycles. The molecule has 6 heteroatoms. The number of anilines is 3. The van der Waals surface area contributed by atoms with Gasteiger partial charge in [-0.05, 0) is 88.8 Å². The largest absolute Gasteiger partial charge is 0.326 e. The van der Waals surface area contributed by atoms with Gasteiger partial charge in [0, 0.05) is 39.9 Å². The van der Waals surface area contributed by atoms with Crippen molar-refractivity contribution >= 4 is 34.8 Å². The fourth-order valence-corrected chi connectivity index (χ4v) is 6.05. The Balaban J connectivity index is 1.92. The molecular formula is C33H53N3O3. The molecule has 1 aromatic carbocycles. The second kappa shape index (κ2) is 12.0. The molecule has 0 spiro atoms. The zero-order valence-corrected chi connectivity index (χ0v) is 26.0. The first-order valence-corrected chi connectivity index (χ1v) is 15.1. The normalized spacial score (nSPS) is 21.3. The second-order valence-electron chi connectivity index (χ2n) is 15.1. The molecule has 0 unspecified atom stereocenters. The van der Waals surface area contributed by atoms with Crippen molar-refractivity contribution in [1.29, 1.82) is 0 Å². The first kappa shape index (κ1) is 31.2. The van der Waals surface area contributed by atoms with Crippen LogP contribution in [-0.4, -0.2) is 23.3 Å². The Morgan fingerprint density at radius 2 is 1.23 bits per heavy atom. The Morgan fingerprint density at radius 1 is 0.692 bits per heavy atom. The summed E-state index contributed by atoms with van der Waals surface area (Å²) in [5.74, 6) is 0.644. The van der Waals surface area contributed by atoms with Crippen molar-refractivity contribution in [2.45, 2.75) is 126 Å². The fourth-order valence-electron chi connectivity index (χ4n) is 6.05. The summed E-state index contributed by atoms with van der Waals surface area (Å²) in [6, 6.07) is 5.59. The first-order valence-electron chi connectivity index (χ1n) is 15.1. The van der Waals surface area contributed by atoms with Crippen LogP contribution in [0.15, 0.2) is 18.2 Å². The molecule has 1 aromatic rings. The molecule has 6 nitrogen and oxygen atoms in total. The zero-order chi connectivity index (χ0) is 29.2. The van der Waals surface area contributed by atoms with Gasteiger partial charge in [-0.25, -0.2) is 0 Å². The molecule has 0 saturated heterocycles. The summed E-state index contributed by atoms with van der Waals surface area (Å²) >= 11 is 0. The number of nitrogens with one attached hydrogen (secondary N) is 2. The number of nitrogens with zero attached hydrogens (tertiary/aromatic N) is 1. The molecule has 39 heavy (non-hydrogen) atoms. The van der Waals surface area contributed by atoms with E-state index in [-0.39, 0.29) is 35.0 Å². The minimum Gasteiger partial charge on any atom is -0.326 e. The number of benzene rings is 1. The quantitative estimate of drug-likeness (QED) is 0.396. The van der Waals surface area contributed by atoms with Gasteiger partial charge in [0.05, 0.1) is 0 Å². The highest BCUT2D eigenvalue weighted by atomic mass is 16.2. The van der Waals surface area contributed by atoms with Crippen molar-refractivity contribution in [3.63, 3.8) is 0 Å². The van der Waals surface area contributed by atoms with Gasteiger partial charge in [-0.3, -0.25) is 14.4 Å². The Hall–Kier alpha value is -2.37. The molecule has 0 heterocycles. The molecule has 2 N–H and O–H groups in total. The van der Waals surface area contributed by atoms with Crippen molar-refractivity contribution in [2.24, 2.45) is 28.6 Å². The van der Waals surface area contributed by atoms with E-state index >= 15 is 0 Å². The lowest BCUT2D eigenvalue weighted by atomic mass is 9.69. The van der Waals surface area contributed by atoms with Crippen LogP contribution in [0, 0.1) is 28.6 Å². The maximum atomic E-state index is 13.9.